The molecule has 1 atom stereocenters. The summed E-state index contributed by atoms with van der Waals surface area (Å²) in [5.41, 5.74) is 0. The van der Waals surface area contributed by atoms with Crippen molar-refractivity contribution in [3.05, 3.63) is 24.3 Å². The molecular formula is C7H8Cl2. The monoisotopic (exact) mass is 162 g/mol. The fourth-order valence-corrected chi connectivity index (χ4v) is 1.16. The Labute approximate surface area is 65.2 Å². The first kappa shape index (κ1) is 7.17. The summed E-state index contributed by atoms with van der Waals surface area (Å²) in [5, 5.41) is 0. The largest absolute Gasteiger partial charge is 0.114 e. The molecule has 0 aliphatic heterocycles. The number of hydrogen-bond donors (Lipinski definition) is 0. The average Bonchev–Trinajstić information content (AvgIpc) is 1.90. The quantitative estimate of drug-likeness (QED) is 0.521. The summed E-state index contributed by atoms with van der Waals surface area (Å²) in [7, 11) is 0. The fourth-order valence-electron chi connectivity index (χ4n) is 0.787. The number of hydrogen-bond acceptors (Lipinski definition) is 0. The van der Waals surface area contributed by atoms with E-state index in [4.69, 9.17) is 23.2 Å². The molecule has 0 saturated heterocycles. The molecule has 0 aromatic rings. The predicted octanol–water partition coefficient (Wildman–Crippen LogP) is 2.92. The number of rotatable bonds is 1. The third kappa shape index (κ3) is 2.04. The molecule has 0 radical (unpaired) electrons. The minimum absolute atomic E-state index is 0.258. The summed E-state index contributed by atoms with van der Waals surface area (Å²) in [4.78, 5) is -0.258. The van der Waals surface area contributed by atoms with Gasteiger partial charge >= 0.3 is 0 Å². The molecule has 1 aliphatic rings. The van der Waals surface area contributed by atoms with Crippen LogP contribution in [0.1, 0.15) is 6.42 Å². The summed E-state index contributed by atoms with van der Waals surface area (Å²) in [5.74, 6) is 0.318. The van der Waals surface area contributed by atoms with E-state index in [1.807, 2.05) is 18.2 Å². The first-order chi connectivity index (χ1) is 4.30. The molecule has 1 rings (SSSR count). The number of alkyl halides is 2. The van der Waals surface area contributed by atoms with Gasteiger partial charge < -0.3 is 0 Å². The van der Waals surface area contributed by atoms with Crippen LogP contribution in [0, 0.1) is 5.92 Å². The second-order valence-corrected chi connectivity index (χ2v) is 3.21. The molecule has 0 amide bonds. The highest BCUT2D eigenvalue weighted by atomic mass is 35.5. The molecule has 0 spiro atoms. The summed E-state index contributed by atoms with van der Waals surface area (Å²) in [6, 6.07) is 0. The van der Waals surface area contributed by atoms with Gasteiger partial charge in [-0.2, -0.15) is 0 Å². The lowest BCUT2D eigenvalue weighted by Gasteiger charge is -2.12. The van der Waals surface area contributed by atoms with Gasteiger partial charge in [0.2, 0.25) is 0 Å². The normalized spacial score (nSPS) is 25.4. The lowest BCUT2D eigenvalue weighted by Crippen LogP contribution is -2.05. The van der Waals surface area contributed by atoms with Crippen LogP contribution < -0.4 is 0 Å². The van der Waals surface area contributed by atoms with Crippen molar-refractivity contribution >= 4 is 23.2 Å². The van der Waals surface area contributed by atoms with Gasteiger partial charge in [-0.05, 0) is 6.42 Å². The van der Waals surface area contributed by atoms with Crippen LogP contribution in [0.5, 0.6) is 0 Å². The van der Waals surface area contributed by atoms with E-state index >= 15 is 0 Å². The van der Waals surface area contributed by atoms with Gasteiger partial charge in [-0.25, -0.2) is 0 Å². The van der Waals surface area contributed by atoms with Crippen molar-refractivity contribution in [1.82, 2.24) is 0 Å². The molecule has 0 aromatic heterocycles. The molecule has 0 heterocycles. The van der Waals surface area contributed by atoms with E-state index in [9.17, 15) is 0 Å². The van der Waals surface area contributed by atoms with Crippen LogP contribution >= 0.6 is 23.2 Å². The van der Waals surface area contributed by atoms with Gasteiger partial charge in [0, 0.05) is 5.92 Å². The van der Waals surface area contributed by atoms with E-state index in [0.717, 1.165) is 6.42 Å². The lowest BCUT2D eigenvalue weighted by atomic mass is 10.0. The maximum atomic E-state index is 5.64. The summed E-state index contributed by atoms with van der Waals surface area (Å²) in [6.07, 6.45) is 9.06. The molecule has 0 N–H and O–H groups in total. The maximum absolute atomic E-state index is 5.64. The van der Waals surface area contributed by atoms with E-state index in [0.29, 0.717) is 5.92 Å². The van der Waals surface area contributed by atoms with Crippen molar-refractivity contribution in [2.45, 2.75) is 11.3 Å². The molecule has 0 aromatic carbocycles. The zero-order valence-electron chi connectivity index (χ0n) is 4.93. The Morgan fingerprint density at radius 1 is 1.33 bits per heavy atom. The van der Waals surface area contributed by atoms with Gasteiger partial charge in [-0.3, -0.25) is 0 Å². The van der Waals surface area contributed by atoms with Crippen LogP contribution in [0.15, 0.2) is 24.3 Å². The summed E-state index contributed by atoms with van der Waals surface area (Å²) >= 11 is 11.3. The molecule has 0 bridgehead atoms. The van der Waals surface area contributed by atoms with E-state index < -0.39 is 0 Å². The van der Waals surface area contributed by atoms with Crippen molar-refractivity contribution in [2.75, 3.05) is 0 Å². The Kier molecular flexibility index (Phi) is 2.62. The molecular weight excluding hydrogens is 155 g/mol. The zero-order valence-corrected chi connectivity index (χ0v) is 6.44. The zero-order chi connectivity index (χ0) is 6.69. The highest BCUT2D eigenvalue weighted by Crippen LogP contribution is 2.22. The lowest BCUT2D eigenvalue weighted by molar-refractivity contribution is 0.711. The van der Waals surface area contributed by atoms with Crippen LogP contribution in [-0.2, 0) is 0 Å². The van der Waals surface area contributed by atoms with Crippen molar-refractivity contribution in [3.8, 4) is 0 Å². The standard InChI is InChI=1S/C7H8Cl2/c8-7(9)6-4-2-1-3-5-6/h1-4,6-7H,5H2. The molecule has 50 valence electrons. The van der Waals surface area contributed by atoms with E-state index in [-0.39, 0.29) is 4.84 Å². The van der Waals surface area contributed by atoms with Crippen LogP contribution in [0.25, 0.3) is 0 Å². The van der Waals surface area contributed by atoms with Gasteiger partial charge in [0.25, 0.3) is 0 Å². The molecule has 1 aliphatic carbocycles. The Bertz CT molecular complexity index is 136. The topological polar surface area (TPSA) is 0 Å². The van der Waals surface area contributed by atoms with Crippen LogP contribution in [0.4, 0.5) is 0 Å². The number of halogens is 2. The van der Waals surface area contributed by atoms with Gasteiger partial charge in [-0.1, -0.05) is 24.3 Å². The predicted molar refractivity (Wildman–Crippen MR) is 41.9 cm³/mol. The van der Waals surface area contributed by atoms with Crippen LogP contribution in [0.3, 0.4) is 0 Å². The molecule has 2 heteroatoms. The molecule has 1 unspecified atom stereocenters. The third-order valence-corrected chi connectivity index (χ3v) is 1.98. The van der Waals surface area contributed by atoms with Gasteiger partial charge in [0.1, 0.15) is 4.84 Å². The summed E-state index contributed by atoms with van der Waals surface area (Å²) < 4.78 is 0. The highest BCUT2D eigenvalue weighted by molar-refractivity contribution is 6.44. The Morgan fingerprint density at radius 2 is 2.11 bits per heavy atom. The van der Waals surface area contributed by atoms with Crippen molar-refractivity contribution in [2.24, 2.45) is 5.92 Å². The van der Waals surface area contributed by atoms with E-state index in [2.05, 4.69) is 6.08 Å². The minimum Gasteiger partial charge on any atom is -0.105 e. The minimum atomic E-state index is -0.258. The first-order valence-corrected chi connectivity index (χ1v) is 3.79. The first-order valence-electron chi connectivity index (χ1n) is 2.92. The highest BCUT2D eigenvalue weighted by Gasteiger charge is 2.12. The molecule has 9 heavy (non-hydrogen) atoms. The molecule has 0 fully saturated rings. The van der Waals surface area contributed by atoms with E-state index in [1.165, 1.54) is 0 Å². The second-order valence-electron chi connectivity index (χ2n) is 2.05. The molecule has 0 nitrogen and oxygen atoms in total. The third-order valence-electron chi connectivity index (χ3n) is 1.34. The summed E-state index contributed by atoms with van der Waals surface area (Å²) in [6.45, 7) is 0. The van der Waals surface area contributed by atoms with Crippen molar-refractivity contribution in [1.29, 1.82) is 0 Å². The van der Waals surface area contributed by atoms with Crippen molar-refractivity contribution < 1.29 is 0 Å². The average molecular weight is 163 g/mol. The van der Waals surface area contributed by atoms with Crippen LogP contribution in [-0.4, -0.2) is 4.84 Å². The van der Waals surface area contributed by atoms with Gasteiger partial charge in [-0.15, -0.1) is 23.2 Å². The smallest absolute Gasteiger partial charge is 0.105 e. The fraction of sp³-hybridized carbons (Fsp3) is 0.429. The molecule has 0 saturated carbocycles. The van der Waals surface area contributed by atoms with Gasteiger partial charge in [0.05, 0.1) is 0 Å². The Balaban J connectivity index is 2.46. The van der Waals surface area contributed by atoms with E-state index in [1.54, 1.807) is 0 Å². The Hall–Kier alpha value is 0.0600. The van der Waals surface area contributed by atoms with Gasteiger partial charge in [0.15, 0.2) is 0 Å². The second kappa shape index (κ2) is 3.28. The Morgan fingerprint density at radius 3 is 2.44 bits per heavy atom. The van der Waals surface area contributed by atoms with Crippen molar-refractivity contribution in [3.63, 3.8) is 0 Å². The SMILES string of the molecule is ClC(Cl)C1C=CC=CC1. The number of allylic oxidation sites excluding steroid dienone is 4. The van der Waals surface area contributed by atoms with Crippen LogP contribution in [0.2, 0.25) is 0 Å². The maximum Gasteiger partial charge on any atom is 0.114 e.